The molecule has 2 rings (SSSR count). The van der Waals surface area contributed by atoms with E-state index >= 15 is 0 Å². The Morgan fingerprint density at radius 3 is 2.86 bits per heavy atom. The molecule has 6 heteroatoms. The molecule has 1 atom stereocenters. The van der Waals surface area contributed by atoms with Crippen LogP contribution in [0.25, 0.3) is 11.5 Å². The van der Waals surface area contributed by atoms with Crippen molar-refractivity contribution in [3.05, 3.63) is 24.4 Å². The van der Waals surface area contributed by atoms with Crippen molar-refractivity contribution in [1.82, 2.24) is 25.1 Å². The first-order valence-electron chi connectivity index (χ1n) is 4.10. The molecule has 0 saturated carbocycles. The molecule has 0 spiro atoms. The van der Waals surface area contributed by atoms with Crippen LogP contribution in [0.5, 0.6) is 0 Å². The van der Waals surface area contributed by atoms with E-state index in [2.05, 4.69) is 25.1 Å². The minimum atomic E-state index is -0.187. The fraction of sp³-hybridized carbons (Fsp3) is 0.250. The van der Waals surface area contributed by atoms with Gasteiger partial charge in [0.05, 0.1) is 11.6 Å². The van der Waals surface area contributed by atoms with Crippen LogP contribution in [0, 0.1) is 0 Å². The maximum atomic E-state index is 5.83. The number of hydrogen-bond donors (Lipinski definition) is 1. The lowest BCUT2D eigenvalue weighted by molar-refractivity contribution is 0.918. The Balaban J connectivity index is 2.34. The van der Waals surface area contributed by atoms with Crippen molar-refractivity contribution in [2.45, 2.75) is 12.3 Å². The van der Waals surface area contributed by atoms with Gasteiger partial charge in [-0.25, -0.2) is 9.97 Å². The normalized spacial score (nSPS) is 12.7. The molecule has 0 saturated heterocycles. The second-order valence-corrected chi connectivity index (χ2v) is 3.41. The molecule has 1 unspecified atom stereocenters. The van der Waals surface area contributed by atoms with Gasteiger partial charge in [-0.1, -0.05) is 0 Å². The zero-order valence-corrected chi connectivity index (χ0v) is 8.23. The third-order valence-electron chi connectivity index (χ3n) is 1.67. The van der Waals surface area contributed by atoms with Crippen LogP contribution in [0.3, 0.4) is 0 Å². The van der Waals surface area contributed by atoms with Gasteiger partial charge in [0, 0.05) is 12.4 Å². The Morgan fingerprint density at radius 2 is 2.29 bits per heavy atom. The zero-order valence-electron chi connectivity index (χ0n) is 7.48. The minimum Gasteiger partial charge on any atom is -0.261 e. The number of halogens is 1. The molecular formula is C8H8ClN5. The van der Waals surface area contributed by atoms with Crippen LogP contribution >= 0.6 is 11.6 Å². The summed E-state index contributed by atoms with van der Waals surface area (Å²) in [6.07, 6.45) is 4.79. The van der Waals surface area contributed by atoms with Gasteiger partial charge in [-0.3, -0.25) is 10.1 Å². The van der Waals surface area contributed by atoms with E-state index in [4.69, 9.17) is 11.6 Å². The molecule has 2 aromatic rings. The summed E-state index contributed by atoms with van der Waals surface area (Å²) < 4.78 is 0. The van der Waals surface area contributed by atoms with E-state index in [1.165, 1.54) is 0 Å². The number of aromatic nitrogens is 5. The molecule has 0 radical (unpaired) electrons. The topological polar surface area (TPSA) is 67.3 Å². The Morgan fingerprint density at radius 1 is 1.43 bits per heavy atom. The van der Waals surface area contributed by atoms with Crippen LogP contribution in [0.2, 0.25) is 0 Å². The average Bonchev–Trinajstić information content (AvgIpc) is 2.68. The van der Waals surface area contributed by atoms with Gasteiger partial charge in [0.2, 0.25) is 5.82 Å². The van der Waals surface area contributed by atoms with Crippen molar-refractivity contribution in [2.24, 2.45) is 0 Å². The molecule has 72 valence electrons. The van der Waals surface area contributed by atoms with Crippen LogP contribution in [0.15, 0.2) is 18.6 Å². The van der Waals surface area contributed by atoms with Gasteiger partial charge < -0.3 is 0 Å². The first kappa shape index (κ1) is 9.08. The molecule has 0 aliphatic heterocycles. The molecule has 2 aromatic heterocycles. The largest absolute Gasteiger partial charge is 0.261 e. The van der Waals surface area contributed by atoms with Gasteiger partial charge in [0.25, 0.3) is 0 Å². The molecule has 0 fully saturated rings. The number of hydrogen-bond acceptors (Lipinski definition) is 4. The lowest BCUT2D eigenvalue weighted by Crippen LogP contribution is -1.88. The highest BCUT2D eigenvalue weighted by atomic mass is 35.5. The standard InChI is InChI=1S/C8H8ClN5/c1-5(9)7-12-8(14-13-7)6-4-10-2-3-11-6/h2-5H,1H3,(H,12,13,14). The van der Waals surface area contributed by atoms with E-state index in [0.717, 1.165) is 0 Å². The zero-order chi connectivity index (χ0) is 9.97. The molecular weight excluding hydrogens is 202 g/mol. The van der Waals surface area contributed by atoms with Crippen LogP contribution in [-0.4, -0.2) is 25.1 Å². The summed E-state index contributed by atoms with van der Waals surface area (Å²) in [5.74, 6) is 1.15. The second-order valence-electron chi connectivity index (χ2n) is 2.75. The fourth-order valence-corrected chi connectivity index (χ4v) is 1.08. The highest BCUT2D eigenvalue weighted by molar-refractivity contribution is 6.20. The van der Waals surface area contributed by atoms with Gasteiger partial charge in [0.15, 0.2) is 0 Å². The first-order valence-corrected chi connectivity index (χ1v) is 4.54. The Labute approximate surface area is 85.6 Å². The Kier molecular flexibility index (Phi) is 2.41. The van der Waals surface area contributed by atoms with E-state index in [-0.39, 0.29) is 5.38 Å². The molecule has 14 heavy (non-hydrogen) atoms. The molecule has 5 nitrogen and oxygen atoms in total. The number of rotatable bonds is 2. The molecule has 0 aromatic carbocycles. The van der Waals surface area contributed by atoms with Gasteiger partial charge >= 0.3 is 0 Å². The van der Waals surface area contributed by atoms with Crippen molar-refractivity contribution in [3.8, 4) is 11.5 Å². The number of nitrogens with zero attached hydrogens (tertiary/aromatic N) is 4. The summed E-state index contributed by atoms with van der Waals surface area (Å²) >= 11 is 5.83. The highest BCUT2D eigenvalue weighted by Crippen LogP contribution is 2.17. The summed E-state index contributed by atoms with van der Waals surface area (Å²) in [4.78, 5) is 12.2. The third kappa shape index (κ3) is 1.72. The molecule has 0 amide bonds. The SMILES string of the molecule is CC(Cl)c1nc(-c2cnccn2)n[nH]1. The van der Waals surface area contributed by atoms with E-state index in [1.54, 1.807) is 18.6 Å². The van der Waals surface area contributed by atoms with Crippen LogP contribution in [-0.2, 0) is 0 Å². The lowest BCUT2D eigenvalue weighted by atomic mass is 10.4. The van der Waals surface area contributed by atoms with E-state index < -0.39 is 0 Å². The van der Waals surface area contributed by atoms with Crippen LogP contribution < -0.4 is 0 Å². The monoisotopic (exact) mass is 209 g/mol. The smallest absolute Gasteiger partial charge is 0.201 e. The third-order valence-corrected chi connectivity index (χ3v) is 1.88. The number of alkyl halides is 1. The van der Waals surface area contributed by atoms with E-state index in [0.29, 0.717) is 17.3 Å². The van der Waals surface area contributed by atoms with Crippen LogP contribution in [0.4, 0.5) is 0 Å². The summed E-state index contributed by atoms with van der Waals surface area (Å²) in [5.41, 5.74) is 0.632. The molecule has 2 heterocycles. The fourth-order valence-electron chi connectivity index (χ4n) is 0.981. The molecule has 0 aliphatic rings. The summed E-state index contributed by atoms with van der Waals surface area (Å²) in [6, 6.07) is 0. The number of aromatic amines is 1. The highest BCUT2D eigenvalue weighted by Gasteiger charge is 2.10. The van der Waals surface area contributed by atoms with Gasteiger partial charge in [0.1, 0.15) is 11.5 Å². The maximum absolute atomic E-state index is 5.83. The molecule has 0 bridgehead atoms. The summed E-state index contributed by atoms with van der Waals surface area (Å²) in [6.45, 7) is 1.82. The van der Waals surface area contributed by atoms with Crippen molar-refractivity contribution in [3.63, 3.8) is 0 Å². The van der Waals surface area contributed by atoms with Gasteiger partial charge in [-0.2, -0.15) is 5.10 Å². The quantitative estimate of drug-likeness (QED) is 0.763. The predicted molar refractivity (Wildman–Crippen MR) is 51.7 cm³/mol. The van der Waals surface area contributed by atoms with E-state index in [9.17, 15) is 0 Å². The first-order chi connectivity index (χ1) is 6.77. The van der Waals surface area contributed by atoms with Gasteiger partial charge in [-0.15, -0.1) is 11.6 Å². The molecule has 1 N–H and O–H groups in total. The summed E-state index contributed by atoms with van der Waals surface area (Å²) in [7, 11) is 0. The number of nitrogens with one attached hydrogen (secondary N) is 1. The summed E-state index contributed by atoms with van der Waals surface area (Å²) in [5, 5.41) is 6.54. The second kappa shape index (κ2) is 3.71. The van der Waals surface area contributed by atoms with Crippen molar-refractivity contribution < 1.29 is 0 Å². The van der Waals surface area contributed by atoms with Gasteiger partial charge in [-0.05, 0) is 6.92 Å². The van der Waals surface area contributed by atoms with Crippen molar-refractivity contribution in [1.29, 1.82) is 0 Å². The molecule has 0 aliphatic carbocycles. The van der Waals surface area contributed by atoms with Crippen LogP contribution in [0.1, 0.15) is 18.1 Å². The predicted octanol–water partition coefficient (Wildman–Crippen LogP) is 1.56. The van der Waals surface area contributed by atoms with Crippen molar-refractivity contribution in [2.75, 3.05) is 0 Å². The van der Waals surface area contributed by atoms with E-state index in [1.807, 2.05) is 6.92 Å². The average molecular weight is 210 g/mol. The Bertz CT molecular complexity index is 411. The lowest BCUT2D eigenvalue weighted by Gasteiger charge is -1.93. The number of H-pyrrole nitrogens is 1. The van der Waals surface area contributed by atoms with Crippen molar-refractivity contribution >= 4 is 11.6 Å². The maximum Gasteiger partial charge on any atom is 0.201 e. The Hall–Kier alpha value is -1.49. The minimum absolute atomic E-state index is 0.187.